The maximum Gasteiger partial charge on any atom is 0.249 e. The summed E-state index contributed by atoms with van der Waals surface area (Å²) in [6.45, 7) is 1.91. The molecule has 0 radical (unpaired) electrons. The quantitative estimate of drug-likeness (QED) is 0.749. The number of hydrogen-bond acceptors (Lipinski definition) is 6. The van der Waals surface area contributed by atoms with E-state index in [1.54, 1.807) is 36.5 Å². The number of nitrogens with zero attached hydrogens (tertiary/aromatic N) is 2. The SMILES string of the molecule is C[C@H](Nc1ncc2ccc(=O)[nH]c2n1)c1ccc(S(C)(=O)=O)cc1. The van der Waals surface area contributed by atoms with Gasteiger partial charge in [-0.25, -0.2) is 13.4 Å². The van der Waals surface area contributed by atoms with Crippen molar-refractivity contribution in [3.05, 3.63) is 58.5 Å². The highest BCUT2D eigenvalue weighted by atomic mass is 32.2. The number of anilines is 1. The van der Waals surface area contributed by atoms with Crippen LogP contribution in [0.5, 0.6) is 0 Å². The third-order valence-electron chi connectivity index (χ3n) is 3.63. The molecule has 1 atom stereocenters. The van der Waals surface area contributed by atoms with Crippen LogP contribution in [0.3, 0.4) is 0 Å². The Labute approximate surface area is 138 Å². The van der Waals surface area contributed by atoms with Crippen molar-refractivity contribution in [3.63, 3.8) is 0 Å². The Bertz CT molecular complexity index is 1040. The van der Waals surface area contributed by atoms with Gasteiger partial charge in [-0.1, -0.05) is 12.1 Å². The zero-order chi connectivity index (χ0) is 17.3. The van der Waals surface area contributed by atoms with E-state index in [0.717, 1.165) is 10.9 Å². The van der Waals surface area contributed by atoms with Gasteiger partial charge in [0.1, 0.15) is 5.65 Å². The predicted molar refractivity (Wildman–Crippen MR) is 91.7 cm³/mol. The molecule has 0 aliphatic rings. The second-order valence-corrected chi connectivity index (χ2v) is 7.54. The fourth-order valence-electron chi connectivity index (χ4n) is 2.29. The Morgan fingerprint density at radius 3 is 2.50 bits per heavy atom. The summed E-state index contributed by atoms with van der Waals surface area (Å²) in [6, 6.07) is 9.58. The summed E-state index contributed by atoms with van der Waals surface area (Å²) >= 11 is 0. The van der Waals surface area contributed by atoms with Gasteiger partial charge in [0.25, 0.3) is 0 Å². The zero-order valence-electron chi connectivity index (χ0n) is 13.1. The molecule has 3 rings (SSSR count). The Hall–Kier alpha value is -2.74. The number of aromatic amines is 1. The minimum atomic E-state index is -3.21. The number of H-pyrrole nitrogens is 1. The van der Waals surface area contributed by atoms with E-state index in [0.29, 0.717) is 11.6 Å². The predicted octanol–water partition coefficient (Wildman–Crippen LogP) is 1.89. The lowest BCUT2D eigenvalue weighted by atomic mass is 10.1. The first-order chi connectivity index (χ1) is 11.3. The molecule has 0 bridgehead atoms. The number of nitrogens with one attached hydrogen (secondary N) is 2. The standard InChI is InChI=1S/C16H16N4O3S/c1-10(11-3-6-13(7-4-11)24(2,22)23)18-16-17-9-12-5-8-14(21)19-15(12)20-16/h3-10H,1-2H3,(H2,17,18,19,20,21)/t10-/m0/s1. The summed E-state index contributed by atoms with van der Waals surface area (Å²) in [4.78, 5) is 22.8. The molecule has 0 unspecified atom stereocenters. The van der Waals surface area contributed by atoms with E-state index in [1.165, 1.54) is 12.3 Å². The fraction of sp³-hybridized carbons (Fsp3) is 0.188. The van der Waals surface area contributed by atoms with Gasteiger partial charge in [0.15, 0.2) is 9.84 Å². The van der Waals surface area contributed by atoms with Crippen molar-refractivity contribution in [1.29, 1.82) is 0 Å². The monoisotopic (exact) mass is 344 g/mol. The summed E-state index contributed by atoms with van der Waals surface area (Å²) in [6.07, 6.45) is 2.80. The largest absolute Gasteiger partial charge is 0.348 e. The second-order valence-electron chi connectivity index (χ2n) is 5.53. The summed E-state index contributed by atoms with van der Waals surface area (Å²) < 4.78 is 23.0. The van der Waals surface area contributed by atoms with Crippen LogP contribution in [-0.2, 0) is 9.84 Å². The molecule has 124 valence electrons. The number of fused-ring (bicyclic) bond motifs is 1. The van der Waals surface area contributed by atoms with Crippen molar-refractivity contribution >= 4 is 26.8 Å². The van der Waals surface area contributed by atoms with E-state index in [2.05, 4.69) is 20.3 Å². The van der Waals surface area contributed by atoms with Gasteiger partial charge in [0.05, 0.1) is 10.9 Å². The van der Waals surface area contributed by atoms with Crippen LogP contribution >= 0.6 is 0 Å². The van der Waals surface area contributed by atoms with Crippen molar-refractivity contribution in [1.82, 2.24) is 15.0 Å². The molecule has 0 spiro atoms. The van der Waals surface area contributed by atoms with Crippen molar-refractivity contribution in [2.24, 2.45) is 0 Å². The molecule has 2 heterocycles. The molecule has 7 nitrogen and oxygen atoms in total. The van der Waals surface area contributed by atoms with Crippen LogP contribution < -0.4 is 10.9 Å². The van der Waals surface area contributed by atoms with Gasteiger partial charge in [0, 0.05) is 23.9 Å². The number of hydrogen-bond donors (Lipinski definition) is 2. The lowest BCUT2D eigenvalue weighted by Crippen LogP contribution is -2.11. The van der Waals surface area contributed by atoms with Gasteiger partial charge < -0.3 is 10.3 Å². The third-order valence-corrected chi connectivity index (χ3v) is 4.76. The highest BCUT2D eigenvalue weighted by Crippen LogP contribution is 2.19. The Kier molecular flexibility index (Phi) is 4.06. The molecule has 24 heavy (non-hydrogen) atoms. The third kappa shape index (κ3) is 3.43. The molecule has 1 aromatic carbocycles. The van der Waals surface area contributed by atoms with E-state index < -0.39 is 9.84 Å². The van der Waals surface area contributed by atoms with Gasteiger partial charge in [0.2, 0.25) is 11.5 Å². The minimum absolute atomic E-state index is 0.133. The molecular weight excluding hydrogens is 328 g/mol. The van der Waals surface area contributed by atoms with E-state index in [-0.39, 0.29) is 16.5 Å². The summed E-state index contributed by atoms with van der Waals surface area (Å²) in [5, 5.41) is 3.88. The summed E-state index contributed by atoms with van der Waals surface area (Å²) in [5.41, 5.74) is 1.13. The average Bonchev–Trinajstić information content (AvgIpc) is 2.53. The topological polar surface area (TPSA) is 105 Å². The molecule has 0 aliphatic heterocycles. The van der Waals surface area contributed by atoms with Crippen LogP contribution in [-0.4, -0.2) is 29.6 Å². The lowest BCUT2D eigenvalue weighted by molar-refractivity contribution is 0.602. The molecule has 0 saturated heterocycles. The lowest BCUT2D eigenvalue weighted by Gasteiger charge is -2.14. The maximum absolute atomic E-state index is 11.5. The first-order valence-electron chi connectivity index (χ1n) is 7.25. The molecule has 8 heteroatoms. The van der Waals surface area contributed by atoms with E-state index in [9.17, 15) is 13.2 Å². The number of rotatable bonds is 4. The smallest absolute Gasteiger partial charge is 0.249 e. The van der Waals surface area contributed by atoms with Gasteiger partial charge in [-0.2, -0.15) is 4.98 Å². The van der Waals surface area contributed by atoms with Crippen LogP contribution in [0.1, 0.15) is 18.5 Å². The van der Waals surface area contributed by atoms with Crippen LogP contribution in [0.15, 0.2) is 52.3 Å². The number of benzene rings is 1. The van der Waals surface area contributed by atoms with Crippen LogP contribution in [0.2, 0.25) is 0 Å². The first-order valence-corrected chi connectivity index (χ1v) is 9.15. The zero-order valence-corrected chi connectivity index (χ0v) is 14.0. The Morgan fingerprint density at radius 2 is 1.83 bits per heavy atom. The molecule has 0 amide bonds. The fourth-order valence-corrected chi connectivity index (χ4v) is 2.92. The molecule has 2 aromatic heterocycles. The second kappa shape index (κ2) is 6.04. The average molecular weight is 344 g/mol. The normalized spacial score (nSPS) is 12.9. The minimum Gasteiger partial charge on any atom is -0.348 e. The molecule has 3 aromatic rings. The molecule has 0 fully saturated rings. The Balaban J connectivity index is 1.84. The first kappa shape index (κ1) is 16.1. The highest BCUT2D eigenvalue weighted by Gasteiger charge is 2.11. The van der Waals surface area contributed by atoms with Gasteiger partial charge in [-0.05, 0) is 30.7 Å². The number of aromatic nitrogens is 3. The summed E-state index contributed by atoms with van der Waals surface area (Å²) in [5.74, 6) is 0.379. The summed E-state index contributed by atoms with van der Waals surface area (Å²) in [7, 11) is -3.21. The molecule has 0 saturated carbocycles. The highest BCUT2D eigenvalue weighted by molar-refractivity contribution is 7.90. The maximum atomic E-state index is 11.5. The van der Waals surface area contributed by atoms with Crippen molar-refractivity contribution in [2.45, 2.75) is 17.9 Å². The van der Waals surface area contributed by atoms with Gasteiger partial charge in [-0.15, -0.1) is 0 Å². The van der Waals surface area contributed by atoms with Crippen molar-refractivity contribution < 1.29 is 8.42 Å². The molecule has 2 N–H and O–H groups in total. The number of pyridine rings is 1. The van der Waals surface area contributed by atoms with Crippen LogP contribution in [0.4, 0.5) is 5.95 Å². The van der Waals surface area contributed by atoms with E-state index in [1.807, 2.05) is 6.92 Å². The van der Waals surface area contributed by atoms with Crippen LogP contribution in [0.25, 0.3) is 11.0 Å². The van der Waals surface area contributed by atoms with E-state index >= 15 is 0 Å². The van der Waals surface area contributed by atoms with Gasteiger partial charge >= 0.3 is 0 Å². The van der Waals surface area contributed by atoms with Crippen molar-refractivity contribution in [3.8, 4) is 0 Å². The Morgan fingerprint density at radius 1 is 1.12 bits per heavy atom. The van der Waals surface area contributed by atoms with Gasteiger partial charge in [-0.3, -0.25) is 4.79 Å². The number of sulfone groups is 1. The molecular formula is C16H16N4O3S. The molecule has 0 aliphatic carbocycles. The van der Waals surface area contributed by atoms with E-state index in [4.69, 9.17) is 0 Å². The van der Waals surface area contributed by atoms with Crippen molar-refractivity contribution in [2.75, 3.05) is 11.6 Å². The van der Waals surface area contributed by atoms with Crippen LogP contribution in [0, 0.1) is 0 Å².